The SMILES string of the molecule is C=CC1=CC(C)(CCC)c2cc(N(c3ccc(-c4ccccc4)cc3)c3ccc(-c4ccc(N(c5ccc(-c6ccccc6)cc5)c5ccc6c(c5)C(C)(CCC)C/C6=C\C)cc4)cc3)ccc21. The van der Waals surface area contributed by atoms with E-state index in [4.69, 9.17) is 0 Å². The number of fused-ring (bicyclic) bond motifs is 2. The fourth-order valence-corrected chi connectivity index (χ4v) is 11.3. The van der Waals surface area contributed by atoms with E-state index in [0.29, 0.717) is 0 Å². The lowest BCUT2D eigenvalue weighted by molar-refractivity contribution is 0.453. The van der Waals surface area contributed by atoms with Crippen LogP contribution >= 0.6 is 0 Å². The van der Waals surface area contributed by atoms with E-state index >= 15 is 0 Å². The largest absolute Gasteiger partial charge is 0.310 e. The molecule has 2 aliphatic carbocycles. The van der Waals surface area contributed by atoms with Gasteiger partial charge in [-0.05, 0) is 171 Å². The molecule has 0 saturated carbocycles. The number of hydrogen-bond donors (Lipinski definition) is 0. The van der Waals surface area contributed by atoms with Crippen LogP contribution in [0.15, 0.2) is 219 Å². The van der Waals surface area contributed by atoms with Gasteiger partial charge in [0.2, 0.25) is 0 Å². The van der Waals surface area contributed by atoms with Crippen molar-refractivity contribution in [1.82, 2.24) is 0 Å². The van der Waals surface area contributed by atoms with Gasteiger partial charge < -0.3 is 9.80 Å². The fourth-order valence-electron chi connectivity index (χ4n) is 11.3. The zero-order valence-electron chi connectivity index (χ0n) is 40.3. The van der Waals surface area contributed by atoms with Crippen molar-refractivity contribution >= 4 is 45.3 Å². The molecule has 0 fully saturated rings. The standard InChI is InChI=1S/C66H62N2/c1-7-41-65(5)45-47(9-3)61-39-37-59(43-63(61)65)67(55-29-21-51(22-30-55)49-17-13-11-14-18-49)57-33-25-53(26-34-57)54-27-35-58(36-28-54)68(56-31-23-52(24-32-56)50-19-15-12-16-20-50)60-38-40-62-48(10-4)46-66(6,42-8-2)64(62)44-60/h9-40,43-45H,3,7-8,41-42,46H2,1-2,4-6H3/b48-10+. The molecule has 2 aliphatic rings. The highest BCUT2D eigenvalue weighted by Gasteiger charge is 2.37. The summed E-state index contributed by atoms with van der Waals surface area (Å²) in [7, 11) is 0. The van der Waals surface area contributed by atoms with Gasteiger partial charge in [0, 0.05) is 39.5 Å². The van der Waals surface area contributed by atoms with Crippen LogP contribution in [0.25, 0.3) is 44.5 Å². The zero-order chi connectivity index (χ0) is 46.8. The monoisotopic (exact) mass is 882 g/mol. The molecule has 2 nitrogen and oxygen atoms in total. The van der Waals surface area contributed by atoms with E-state index in [-0.39, 0.29) is 10.8 Å². The Morgan fingerprint density at radius 2 is 0.838 bits per heavy atom. The molecule has 0 amide bonds. The van der Waals surface area contributed by atoms with Crippen LogP contribution in [0.3, 0.4) is 0 Å². The Bertz CT molecular complexity index is 3120. The van der Waals surface area contributed by atoms with Crippen molar-refractivity contribution in [2.45, 2.75) is 77.6 Å². The van der Waals surface area contributed by atoms with Gasteiger partial charge in [-0.25, -0.2) is 0 Å². The molecule has 8 aromatic rings. The summed E-state index contributed by atoms with van der Waals surface area (Å²) in [5, 5.41) is 0. The summed E-state index contributed by atoms with van der Waals surface area (Å²) in [4.78, 5) is 4.83. The van der Waals surface area contributed by atoms with Gasteiger partial charge in [-0.2, -0.15) is 0 Å². The Balaban J connectivity index is 1.01. The van der Waals surface area contributed by atoms with E-state index in [0.717, 1.165) is 60.5 Å². The third-order valence-electron chi connectivity index (χ3n) is 14.7. The Morgan fingerprint density at radius 1 is 0.456 bits per heavy atom. The molecule has 68 heavy (non-hydrogen) atoms. The molecule has 2 atom stereocenters. The fraction of sp³-hybridized carbons (Fsp3) is 0.182. The first-order chi connectivity index (χ1) is 33.2. The van der Waals surface area contributed by atoms with E-state index in [1.165, 1.54) is 72.5 Å². The summed E-state index contributed by atoms with van der Waals surface area (Å²) in [5.41, 5.74) is 22.3. The second-order valence-corrected chi connectivity index (χ2v) is 19.3. The normalized spacial score (nSPS) is 17.7. The first-order valence-corrected chi connectivity index (χ1v) is 24.6. The zero-order valence-corrected chi connectivity index (χ0v) is 40.3. The lowest BCUT2D eigenvalue weighted by Crippen LogP contribution is -2.18. The van der Waals surface area contributed by atoms with Crippen LogP contribution < -0.4 is 9.80 Å². The molecule has 0 spiro atoms. The molecule has 336 valence electrons. The van der Waals surface area contributed by atoms with Gasteiger partial charge in [-0.3, -0.25) is 0 Å². The van der Waals surface area contributed by atoms with Crippen LogP contribution in [0.2, 0.25) is 0 Å². The van der Waals surface area contributed by atoms with E-state index in [1.54, 1.807) is 0 Å². The van der Waals surface area contributed by atoms with Gasteiger partial charge in [0.05, 0.1) is 0 Å². The van der Waals surface area contributed by atoms with Crippen LogP contribution in [0.4, 0.5) is 34.1 Å². The minimum Gasteiger partial charge on any atom is -0.310 e. The van der Waals surface area contributed by atoms with Crippen molar-refractivity contribution in [3.05, 3.63) is 241 Å². The van der Waals surface area contributed by atoms with E-state index in [2.05, 4.69) is 257 Å². The smallest absolute Gasteiger partial charge is 0.0465 e. The molecule has 0 heterocycles. The highest BCUT2D eigenvalue weighted by Crippen LogP contribution is 2.51. The van der Waals surface area contributed by atoms with Crippen LogP contribution in [-0.2, 0) is 10.8 Å². The van der Waals surface area contributed by atoms with Gasteiger partial charge >= 0.3 is 0 Å². The average molecular weight is 883 g/mol. The minimum atomic E-state index is -0.0459. The quantitative estimate of drug-likeness (QED) is 0.107. The summed E-state index contributed by atoms with van der Waals surface area (Å²) in [6.07, 6.45) is 12.4. The highest BCUT2D eigenvalue weighted by atomic mass is 15.1. The molecular weight excluding hydrogens is 821 g/mol. The number of anilines is 6. The predicted molar refractivity (Wildman–Crippen MR) is 293 cm³/mol. The number of benzene rings is 8. The lowest BCUT2D eigenvalue weighted by Gasteiger charge is -2.29. The van der Waals surface area contributed by atoms with Gasteiger partial charge in [0.15, 0.2) is 0 Å². The highest BCUT2D eigenvalue weighted by molar-refractivity contribution is 5.88. The summed E-state index contributed by atoms with van der Waals surface area (Å²) in [6.45, 7) is 15.8. The lowest BCUT2D eigenvalue weighted by atomic mass is 9.79. The van der Waals surface area contributed by atoms with Crippen molar-refractivity contribution in [3.63, 3.8) is 0 Å². The second-order valence-electron chi connectivity index (χ2n) is 19.3. The Kier molecular flexibility index (Phi) is 12.2. The van der Waals surface area contributed by atoms with Crippen LogP contribution in [0.5, 0.6) is 0 Å². The molecule has 8 aromatic carbocycles. The van der Waals surface area contributed by atoms with Crippen LogP contribution in [-0.4, -0.2) is 0 Å². The van der Waals surface area contributed by atoms with Gasteiger partial charge in [-0.1, -0.05) is 187 Å². The first-order valence-electron chi connectivity index (χ1n) is 24.6. The summed E-state index contributed by atoms with van der Waals surface area (Å²) >= 11 is 0. The molecule has 0 saturated heterocycles. The topological polar surface area (TPSA) is 6.48 Å². The third kappa shape index (κ3) is 8.34. The maximum Gasteiger partial charge on any atom is 0.0465 e. The molecule has 0 radical (unpaired) electrons. The van der Waals surface area contributed by atoms with Gasteiger partial charge in [0.25, 0.3) is 0 Å². The molecule has 0 aliphatic heterocycles. The molecule has 2 heteroatoms. The number of rotatable bonds is 14. The molecule has 10 rings (SSSR count). The summed E-state index contributed by atoms with van der Waals surface area (Å²) in [5.74, 6) is 0. The number of hydrogen-bond acceptors (Lipinski definition) is 2. The van der Waals surface area contributed by atoms with Crippen molar-refractivity contribution in [2.24, 2.45) is 0 Å². The second kappa shape index (κ2) is 18.7. The molecule has 2 unspecified atom stereocenters. The maximum atomic E-state index is 4.18. The molecule has 0 aromatic heterocycles. The Morgan fingerprint density at radius 3 is 1.24 bits per heavy atom. The summed E-state index contributed by atoms with van der Waals surface area (Å²) in [6, 6.07) is 71.7. The summed E-state index contributed by atoms with van der Waals surface area (Å²) < 4.78 is 0. The predicted octanol–water partition coefficient (Wildman–Crippen LogP) is 19.1. The minimum absolute atomic E-state index is 0.0459. The van der Waals surface area contributed by atoms with Crippen LogP contribution in [0.1, 0.15) is 89.0 Å². The maximum absolute atomic E-state index is 4.18. The Labute approximate surface area is 405 Å². The molecule has 0 N–H and O–H groups in total. The van der Waals surface area contributed by atoms with Gasteiger partial charge in [-0.15, -0.1) is 0 Å². The number of allylic oxidation sites excluding steroid dienone is 5. The Hall–Kier alpha value is -7.42. The number of nitrogens with zero attached hydrogens (tertiary/aromatic N) is 2. The van der Waals surface area contributed by atoms with E-state index in [1.807, 2.05) is 6.08 Å². The van der Waals surface area contributed by atoms with Crippen molar-refractivity contribution in [1.29, 1.82) is 0 Å². The van der Waals surface area contributed by atoms with Crippen molar-refractivity contribution in [2.75, 3.05) is 9.80 Å². The van der Waals surface area contributed by atoms with Crippen LogP contribution in [0, 0.1) is 0 Å². The molecular formula is C66H62N2. The van der Waals surface area contributed by atoms with Gasteiger partial charge in [0.1, 0.15) is 0 Å². The van der Waals surface area contributed by atoms with Crippen molar-refractivity contribution < 1.29 is 0 Å². The van der Waals surface area contributed by atoms with Crippen molar-refractivity contribution in [3.8, 4) is 33.4 Å². The van der Waals surface area contributed by atoms with E-state index < -0.39 is 0 Å². The van der Waals surface area contributed by atoms with E-state index in [9.17, 15) is 0 Å². The first kappa shape index (κ1) is 44.4. The average Bonchev–Trinajstić information content (AvgIpc) is 3.84. The third-order valence-corrected chi connectivity index (χ3v) is 14.7. The molecule has 0 bridgehead atoms.